The second-order valence-electron chi connectivity index (χ2n) is 6.74. The fraction of sp³-hybridized carbons (Fsp3) is 0.368. The van der Waals surface area contributed by atoms with Gasteiger partial charge in [-0.1, -0.05) is 0 Å². The summed E-state index contributed by atoms with van der Waals surface area (Å²) in [5.41, 5.74) is 3.01. The fourth-order valence-electron chi connectivity index (χ4n) is 3.08. The third-order valence-corrected chi connectivity index (χ3v) is 5.65. The molecule has 2 aromatic heterocycles. The second kappa shape index (κ2) is 8.05. The number of thioether (sulfide) groups is 1. The van der Waals surface area contributed by atoms with Crippen molar-refractivity contribution in [3.63, 3.8) is 0 Å². The molecule has 28 heavy (non-hydrogen) atoms. The topological polar surface area (TPSA) is 85.0 Å². The third-order valence-electron chi connectivity index (χ3n) is 4.65. The van der Waals surface area contributed by atoms with Crippen LogP contribution in [0.2, 0.25) is 0 Å². The summed E-state index contributed by atoms with van der Waals surface area (Å²) in [5, 5.41) is 11.5. The molecular weight excluding hydrogens is 372 g/mol. The predicted octanol–water partition coefficient (Wildman–Crippen LogP) is 2.95. The van der Waals surface area contributed by atoms with E-state index < -0.39 is 0 Å². The smallest absolute Gasteiger partial charge is 0.161 e. The molecule has 0 radical (unpaired) electrons. The Hall–Kier alpha value is -2.81. The summed E-state index contributed by atoms with van der Waals surface area (Å²) in [4.78, 5) is 17.3. The molecule has 0 saturated carbocycles. The lowest BCUT2D eigenvalue weighted by atomic mass is 10.1. The van der Waals surface area contributed by atoms with Crippen molar-refractivity contribution in [1.82, 2.24) is 30.2 Å². The summed E-state index contributed by atoms with van der Waals surface area (Å²) >= 11 is 1.70. The first kappa shape index (κ1) is 18.5. The molecule has 0 fully saturated rings. The number of anilines is 1. The highest BCUT2D eigenvalue weighted by molar-refractivity contribution is 7.98. The molecular formula is C19H22N8S. The van der Waals surface area contributed by atoms with Crippen LogP contribution in [0.5, 0.6) is 0 Å². The van der Waals surface area contributed by atoms with Gasteiger partial charge in [0.05, 0.1) is 22.7 Å². The molecule has 0 spiro atoms. The van der Waals surface area contributed by atoms with Crippen LogP contribution >= 0.6 is 11.8 Å². The van der Waals surface area contributed by atoms with Crippen molar-refractivity contribution in [2.24, 2.45) is 12.0 Å². The number of tetrazole rings is 1. The van der Waals surface area contributed by atoms with E-state index in [4.69, 9.17) is 4.99 Å². The first-order chi connectivity index (χ1) is 13.6. The van der Waals surface area contributed by atoms with Gasteiger partial charge >= 0.3 is 0 Å². The van der Waals surface area contributed by atoms with E-state index in [0.29, 0.717) is 0 Å². The molecule has 0 aliphatic carbocycles. The van der Waals surface area contributed by atoms with Gasteiger partial charge in [0.1, 0.15) is 11.6 Å². The Morgan fingerprint density at radius 1 is 1.18 bits per heavy atom. The van der Waals surface area contributed by atoms with Crippen molar-refractivity contribution in [3.05, 3.63) is 47.7 Å². The lowest BCUT2D eigenvalue weighted by Gasteiger charge is -2.17. The maximum absolute atomic E-state index is 4.91. The predicted molar refractivity (Wildman–Crippen MR) is 110 cm³/mol. The summed E-state index contributed by atoms with van der Waals surface area (Å²) in [6.07, 6.45) is 3.86. The van der Waals surface area contributed by atoms with E-state index in [1.807, 2.05) is 32.3 Å². The Morgan fingerprint density at radius 3 is 2.75 bits per heavy atom. The van der Waals surface area contributed by atoms with Crippen molar-refractivity contribution in [1.29, 1.82) is 0 Å². The number of fused-ring (bicyclic) bond motifs is 1. The Balaban J connectivity index is 1.54. The number of benzene rings is 1. The summed E-state index contributed by atoms with van der Waals surface area (Å²) in [7, 11) is 3.93. The van der Waals surface area contributed by atoms with Crippen LogP contribution in [0.15, 0.2) is 40.4 Å². The van der Waals surface area contributed by atoms with Crippen LogP contribution in [0.3, 0.4) is 0 Å². The number of aliphatic imine (C=N–C) groups is 1. The molecule has 3 heterocycles. The van der Waals surface area contributed by atoms with E-state index in [9.17, 15) is 0 Å². The van der Waals surface area contributed by atoms with Gasteiger partial charge in [0.25, 0.3) is 0 Å². The molecule has 0 atom stereocenters. The number of hydrogen-bond acceptors (Lipinski definition) is 8. The summed E-state index contributed by atoms with van der Waals surface area (Å²) in [5.74, 6) is 3.33. The first-order valence-corrected chi connectivity index (χ1v) is 10.2. The lowest BCUT2D eigenvalue weighted by Crippen LogP contribution is -2.19. The normalized spacial score (nSPS) is 15.5. The van der Waals surface area contributed by atoms with Gasteiger partial charge in [-0.2, -0.15) is 0 Å². The van der Waals surface area contributed by atoms with Gasteiger partial charge in [-0.25, -0.2) is 14.6 Å². The number of nitrogens with zero attached hydrogens (tertiary/aromatic N) is 8. The average Bonchev–Trinajstić information content (AvgIpc) is 3.04. The summed E-state index contributed by atoms with van der Waals surface area (Å²) in [6.45, 7) is 2.89. The van der Waals surface area contributed by atoms with Crippen molar-refractivity contribution >= 4 is 29.0 Å². The highest BCUT2D eigenvalue weighted by atomic mass is 32.2. The summed E-state index contributed by atoms with van der Waals surface area (Å²) < 4.78 is 1.69. The van der Waals surface area contributed by atoms with E-state index in [-0.39, 0.29) is 0 Å². The van der Waals surface area contributed by atoms with E-state index >= 15 is 0 Å². The van der Waals surface area contributed by atoms with Crippen LogP contribution < -0.4 is 4.90 Å². The highest BCUT2D eigenvalue weighted by Gasteiger charge is 2.19. The number of aryl methyl sites for hydroxylation is 2. The molecule has 1 aliphatic heterocycles. The zero-order chi connectivity index (χ0) is 19.5. The van der Waals surface area contributed by atoms with E-state index in [0.717, 1.165) is 64.5 Å². The van der Waals surface area contributed by atoms with Gasteiger partial charge in [-0.15, -0.1) is 16.9 Å². The lowest BCUT2D eigenvalue weighted by molar-refractivity contribution is 0.693. The van der Waals surface area contributed by atoms with Gasteiger partial charge in [-0.3, -0.25) is 4.99 Å². The Bertz CT molecular complexity index is 995. The molecule has 0 saturated heterocycles. The monoisotopic (exact) mass is 394 g/mol. The van der Waals surface area contributed by atoms with Gasteiger partial charge in [-0.05, 0) is 54.5 Å². The van der Waals surface area contributed by atoms with E-state index in [1.165, 1.54) is 0 Å². The fourth-order valence-corrected chi connectivity index (χ4v) is 3.95. The molecule has 1 aliphatic rings. The molecule has 8 nitrogen and oxygen atoms in total. The van der Waals surface area contributed by atoms with E-state index in [2.05, 4.69) is 49.6 Å². The van der Waals surface area contributed by atoms with Crippen molar-refractivity contribution < 1.29 is 0 Å². The molecule has 3 aromatic rings. The minimum absolute atomic E-state index is 0.730. The van der Waals surface area contributed by atoms with Gasteiger partial charge in [0.15, 0.2) is 5.82 Å². The third kappa shape index (κ3) is 4.04. The van der Waals surface area contributed by atoms with Gasteiger partial charge in [0.2, 0.25) is 0 Å². The highest BCUT2D eigenvalue weighted by Crippen LogP contribution is 2.28. The molecule has 0 N–H and O–H groups in total. The Morgan fingerprint density at radius 2 is 2.00 bits per heavy atom. The Kier molecular flexibility index (Phi) is 5.34. The largest absolute Gasteiger partial charge is 0.359 e. The molecule has 9 heteroatoms. The van der Waals surface area contributed by atoms with Crippen molar-refractivity contribution in [2.45, 2.75) is 30.4 Å². The zero-order valence-corrected chi connectivity index (χ0v) is 17.0. The van der Waals surface area contributed by atoms with Crippen LogP contribution in [0, 0.1) is 6.92 Å². The first-order valence-electron chi connectivity index (χ1n) is 9.17. The van der Waals surface area contributed by atoms with Crippen molar-refractivity contribution in [3.8, 4) is 0 Å². The molecule has 1 aromatic carbocycles. The minimum atomic E-state index is 0.730. The molecule has 0 bridgehead atoms. The maximum Gasteiger partial charge on any atom is 0.161 e. The Labute approximate surface area is 168 Å². The molecule has 0 amide bonds. The average molecular weight is 395 g/mol. The quantitative estimate of drug-likeness (QED) is 0.629. The summed E-state index contributed by atoms with van der Waals surface area (Å²) in [6, 6.07) is 8.27. The second-order valence-corrected chi connectivity index (χ2v) is 7.79. The van der Waals surface area contributed by atoms with Crippen LogP contribution in [-0.2, 0) is 12.8 Å². The minimum Gasteiger partial charge on any atom is -0.359 e. The van der Waals surface area contributed by atoms with Crippen LogP contribution in [-0.4, -0.2) is 49.5 Å². The van der Waals surface area contributed by atoms with Crippen molar-refractivity contribution in [2.75, 3.05) is 18.5 Å². The molecule has 0 unspecified atom stereocenters. The van der Waals surface area contributed by atoms with Gasteiger partial charge in [0, 0.05) is 31.7 Å². The SMILES string of the molecule is Cc1ncc2c(n1)N(C)CCCC2=Nc1ccc(SCc2nnnn2C)cc1. The number of hydrogen-bond donors (Lipinski definition) is 0. The van der Waals surface area contributed by atoms with Crippen LogP contribution in [0.1, 0.15) is 30.1 Å². The maximum atomic E-state index is 4.91. The zero-order valence-electron chi connectivity index (χ0n) is 16.2. The standard InChI is InChI=1S/C19H22N8S/c1-13-20-11-16-17(5-4-10-26(2)19(16)21-13)22-14-6-8-15(9-7-14)28-12-18-23-24-25-27(18)3/h6-9,11H,4-5,10,12H2,1-3H3. The molecule has 144 valence electrons. The van der Waals surface area contributed by atoms with E-state index in [1.54, 1.807) is 16.4 Å². The van der Waals surface area contributed by atoms with Crippen LogP contribution in [0.4, 0.5) is 11.5 Å². The van der Waals surface area contributed by atoms with Gasteiger partial charge < -0.3 is 4.90 Å². The number of aromatic nitrogens is 6. The molecule has 4 rings (SSSR count). The van der Waals surface area contributed by atoms with Crippen LogP contribution in [0.25, 0.3) is 0 Å². The number of rotatable bonds is 4.